The molecule has 0 N–H and O–H groups in total. The second-order valence-electron chi connectivity index (χ2n) is 5.13. The van der Waals surface area contributed by atoms with Crippen molar-refractivity contribution in [2.45, 2.75) is 12.3 Å². The SMILES string of the molecule is O=C(c1ccccc1I)N1CC[C@H](c2ccccc2)C1. The van der Waals surface area contributed by atoms with Gasteiger partial charge in [-0.15, -0.1) is 0 Å². The van der Waals surface area contributed by atoms with Gasteiger partial charge in [0.05, 0.1) is 5.56 Å². The van der Waals surface area contributed by atoms with Crippen molar-refractivity contribution in [2.75, 3.05) is 13.1 Å². The zero-order valence-electron chi connectivity index (χ0n) is 11.1. The quantitative estimate of drug-likeness (QED) is 0.727. The number of carbonyl (C=O) groups excluding carboxylic acids is 1. The number of amides is 1. The van der Waals surface area contributed by atoms with Gasteiger partial charge in [0.1, 0.15) is 0 Å². The molecule has 102 valence electrons. The van der Waals surface area contributed by atoms with Gasteiger partial charge >= 0.3 is 0 Å². The summed E-state index contributed by atoms with van der Waals surface area (Å²) in [5.41, 5.74) is 2.16. The van der Waals surface area contributed by atoms with Crippen LogP contribution in [0.5, 0.6) is 0 Å². The van der Waals surface area contributed by atoms with Crippen LogP contribution < -0.4 is 0 Å². The highest BCUT2D eigenvalue weighted by atomic mass is 127. The van der Waals surface area contributed by atoms with E-state index in [0.29, 0.717) is 5.92 Å². The maximum atomic E-state index is 12.6. The molecule has 0 radical (unpaired) electrons. The van der Waals surface area contributed by atoms with Crippen molar-refractivity contribution in [1.29, 1.82) is 0 Å². The summed E-state index contributed by atoms with van der Waals surface area (Å²) in [7, 11) is 0. The second-order valence-corrected chi connectivity index (χ2v) is 6.29. The molecular formula is C17H16INO. The van der Waals surface area contributed by atoms with E-state index in [1.807, 2.05) is 35.2 Å². The average Bonchev–Trinajstić information content (AvgIpc) is 2.98. The predicted octanol–water partition coefficient (Wildman–Crippen LogP) is 3.92. The summed E-state index contributed by atoms with van der Waals surface area (Å²) >= 11 is 2.23. The summed E-state index contributed by atoms with van der Waals surface area (Å²) in [5, 5.41) is 0. The lowest BCUT2D eigenvalue weighted by Gasteiger charge is -2.17. The molecule has 1 atom stereocenters. The normalized spacial score (nSPS) is 18.2. The highest BCUT2D eigenvalue weighted by Gasteiger charge is 2.28. The Kier molecular flexibility index (Phi) is 4.05. The Morgan fingerprint density at radius 1 is 1.05 bits per heavy atom. The molecule has 20 heavy (non-hydrogen) atoms. The van der Waals surface area contributed by atoms with Crippen molar-refractivity contribution in [3.8, 4) is 0 Å². The largest absolute Gasteiger partial charge is 0.338 e. The molecule has 0 unspecified atom stereocenters. The molecule has 1 aliphatic heterocycles. The number of halogens is 1. The molecule has 1 amide bonds. The monoisotopic (exact) mass is 377 g/mol. The molecule has 1 fully saturated rings. The standard InChI is InChI=1S/C17H16INO/c18-16-9-5-4-8-15(16)17(20)19-11-10-14(12-19)13-6-2-1-3-7-13/h1-9,14H,10-12H2/t14-/m0/s1. The Balaban J connectivity index is 1.75. The first-order valence-electron chi connectivity index (χ1n) is 6.84. The fourth-order valence-corrected chi connectivity index (χ4v) is 3.37. The first kappa shape index (κ1) is 13.6. The maximum Gasteiger partial charge on any atom is 0.254 e. The molecule has 1 aliphatic rings. The van der Waals surface area contributed by atoms with E-state index in [9.17, 15) is 4.79 Å². The van der Waals surface area contributed by atoms with Gasteiger partial charge in [-0.3, -0.25) is 4.79 Å². The first-order chi connectivity index (χ1) is 9.75. The molecule has 0 aromatic heterocycles. The number of hydrogen-bond donors (Lipinski definition) is 0. The number of benzene rings is 2. The van der Waals surface area contributed by atoms with Crippen molar-refractivity contribution in [2.24, 2.45) is 0 Å². The van der Waals surface area contributed by atoms with E-state index in [0.717, 1.165) is 28.6 Å². The molecule has 2 nitrogen and oxygen atoms in total. The smallest absolute Gasteiger partial charge is 0.254 e. The summed E-state index contributed by atoms with van der Waals surface area (Å²) in [6.07, 6.45) is 1.05. The topological polar surface area (TPSA) is 20.3 Å². The Labute approximate surface area is 132 Å². The number of likely N-dealkylation sites (tertiary alicyclic amines) is 1. The minimum absolute atomic E-state index is 0.161. The third-order valence-corrected chi connectivity index (χ3v) is 4.79. The van der Waals surface area contributed by atoms with Crippen LogP contribution in [0.3, 0.4) is 0 Å². The van der Waals surface area contributed by atoms with Crippen LogP contribution in [0, 0.1) is 3.57 Å². The fraction of sp³-hybridized carbons (Fsp3) is 0.235. The molecule has 2 aromatic carbocycles. The molecule has 2 aromatic rings. The molecule has 0 bridgehead atoms. The Bertz CT molecular complexity index is 611. The van der Waals surface area contributed by atoms with Crippen molar-refractivity contribution >= 4 is 28.5 Å². The highest BCUT2D eigenvalue weighted by Crippen LogP contribution is 2.28. The van der Waals surface area contributed by atoms with Gasteiger partial charge in [0, 0.05) is 22.6 Å². The second kappa shape index (κ2) is 5.95. The molecule has 1 saturated heterocycles. The molecule has 0 saturated carbocycles. The highest BCUT2D eigenvalue weighted by molar-refractivity contribution is 14.1. The van der Waals surface area contributed by atoms with Crippen LogP contribution in [0.2, 0.25) is 0 Å². The van der Waals surface area contributed by atoms with E-state index in [2.05, 4.69) is 46.9 Å². The number of hydrogen-bond acceptors (Lipinski definition) is 1. The first-order valence-corrected chi connectivity index (χ1v) is 7.92. The van der Waals surface area contributed by atoms with E-state index >= 15 is 0 Å². The Morgan fingerprint density at radius 2 is 1.75 bits per heavy atom. The maximum absolute atomic E-state index is 12.6. The van der Waals surface area contributed by atoms with Crippen molar-refractivity contribution in [3.63, 3.8) is 0 Å². The van der Waals surface area contributed by atoms with Crippen LogP contribution >= 0.6 is 22.6 Å². The van der Waals surface area contributed by atoms with Gasteiger partial charge in [-0.2, -0.15) is 0 Å². The lowest BCUT2D eigenvalue weighted by Crippen LogP contribution is -2.29. The zero-order chi connectivity index (χ0) is 13.9. The summed E-state index contributed by atoms with van der Waals surface area (Å²) in [4.78, 5) is 14.5. The lowest BCUT2D eigenvalue weighted by molar-refractivity contribution is 0.0790. The van der Waals surface area contributed by atoms with Crippen molar-refractivity contribution < 1.29 is 4.79 Å². The average molecular weight is 377 g/mol. The Hall–Kier alpha value is -1.36. The van der Waals surface area contributed by atoms with Gasteiger partial charge in [0.15, 0.2) is 0 Å². The molecule has 0 spiro atoms. The van der Waals surface area contributed by atoms with Crippen LogP contribution in [0.15, 0.2) is 54.6 Å². The zero-order valence-corrected chi connectivity index (χ0v) is 13.3. The van der Waals surface area contributed by atoms with Crippen LogP contribution in [-0.4, -0.2) is 23.9 Å². The summed E-state index contributed by atoms with van der Waals surface area (Å²) in [5.74, 6) is 0.634. The van der Waals surface area contributed by atoms with Gasteiger partial charge in [-0.05, 0) is 46.7 Å². The number of carbonyl (C=O) groups is 1. The summed E-state index contributed by atoms with van der Waals surface area (Å²) < 4.78 is 1.03. The van der Waals surface area contributed by atoms with E-state index in [1.165, 1.54) is 5.56 Å². The Morgan fingerprint density at radius 3 is 2.50 bits per heavy atom. The molecular weight excluding hydrogens is 361 g/mol. The van der Waals surface area contributed by atoms with Crippen molar-refractivity contribution in [1.82, 2.24) is 4.90 Å². The van der Waals surface area contributed by atoms with Gasteiger partial charge in [0.2, 0.25) is 0 Å². The van der Waals surface area contributed by atoms with E-state index in [4.69, 9.17) is 0 Å². The third kappa shape index (κ3) is 2.73. The molecule has 3 rings (SSSR count). The minimum Gasteiger partial charge on any atom is -0.338 e. The fourth-order valence-electron chi connectivity index (χ4n) is 2.75. The summed E-state index contributed by atoms with van der Waals surface area (Å²) in [6, 6.07) is 18.3. The minimum atomic E-state index is 0.161. The van der Waals surface area contributed by atoms with Crippen LogP contribution in [0.4, 0.5) is 0 Å². The van der Waals surface area contributed by atoms with Crippen molar-refractivity contribution in [3.05, 3.63) is 69.3 Å². The van der Waals surface area contributed by atoms with Gasteiger partial charge in [0.25, 0.3) is 5.91 Å². The van der Waals surface area contributed by atoms with Gasteiger partial charge in [-0.1, -0.05) is 42.5 Å². The molecule has 3 heteroatoms. The molecule has 0 aliphatic carbocycles. The summed E-state index contributed by atoms with van der Waals surface area (Å²) in [6.45, 7) is 1.68. The van der Waals surface area contributed by atoms with E-state index in [1.54, 1.807) is 0 Å². The molecule has 1 heterocycles. The lowest BCUT2D eigenvalue weighted by atomic mass is 9.99. The predicted molar refractivity (Wildman–Crippen MR) is 88.9 cm³/mol. The van der Waals surface area contributed by atoms with Crippen LogP contribution in [0.1, 0.15) is 28.3 Å². The van der Waals surface area contributed by atoms with E-state index < -0.39 is 0 Å². The van der Waals surface area contributed by atoms with Gasteiger partial charge < -0.3 is 4.90 Å². The van der Waals surface area contributed by atoms with Crippen LogP contribution in [-0.2, 0) is 0 Å². The third-order valence-electron chi connectivity index (χ3n) is 3.85. The van der Waals surface area contributed by atoms with E-state index in [-0.39, 0.29) is 5.91 Å². The number of nitrogens with zero attached hydrogens (tertiary/aromatic N) is 1. The number of rotatable bonds is 2. The van der Waals surface area contributed by atoms with Gasteiger partial charge in [-0.25, -0.2) is 0 Å². The van der Waals surface area contributed by atoms with Crippen LogP contribution in [0.25, 0.3) is 0 Å².